The molecule has 0 saturated carbocycles. The summed E-state index contributed by atoms with van der Waals surface area (Å²) in [5.41, 5.74) is 0.0640. The minimum atomic E-state index is -2.91. The number of benzene rings is 2. The molecule has 0 aliphatic carbocycles. The minimum Gasteiger partial charge on any atom is -0.435 e. The predicted molar refractivity (Wildman–Crippen MR) is 104 cm³/mol. The van der Waals surface area contributed by atoms with Crippen molar-refractivity contribution in [2.24, 2.45) is 0 Å². The first-order valence-electron chi connectivity index (χ1n) is 9.18. The molecule has 2 aromatic carbocycles. The number of likely N-dealkylation sites (N-methyl/N-ethyl adjacent to an activating group) is 1. The lowest BCUT2D eigenvalue weighted by Crippen LogP contribution is -2.43. The Hall–Kier alpha value is -3.49. The van der Waals surface area contributed by atoms with Crippen LogP contribution in [0.25, 0.3) is 0 Å². The van der Waals surface area contributed by atoms with E-state index in [2.05, 4.69) is 10.1 Å². The topological polar surface area (TPSA) is 79.0 Å². The van der Waals surface area contributed by atoms with Crippen LogP contribution in [0, 0.1) is 0 Å². The van der Waals surface area contributed by atoms with Crippen LogP contribution in [0.1, 0.15) is 18.1 Å². The molecule has 1 aliphatic heterocycles. The fourth-order valence-corrected chi connectivity index (χ4v) is 3.20. The molecule has 1 N–H and O–H groups in total. The Bertz CT molecular complexity index is 937. The number of halogens is 2. The zero-order chi connectivity index (χ0) is 21.9. The highest BCUT2D eigenvalue weighted by Gasteiger charge is 2.49. The van der Waals surface area contributed by atoms with Gasteiger partial charge in [-0.1, -0.05) is 42.5 Å². The SMILES string of the molecule is CN(Cc1ccc(OC(F)F)cc1)C(=O)CN1C(=O)N[C@@](C)(c2ccccc2)C1=O. The van der Waals surface area contributed by atoms with E-state index < -0.39 is 36.5 Å². The molecule has 1 saturated heterocycles. The zero-order valence-corrected chi connectivity index (χ0v) is 16.5. The molecule has 2 aromatic rings. The fourth-order valence-electron chi connectivity index (χ4n) is 3.20. The van der Waals surface area contributed by atoms with Crippen LogP contribution in [0.2, 0.25) is 0 Å². The van der Waals surface area contributed by atoms with Gasteiger partial charge in [-0.2, -0.15) is 8.78 Å². The Morgan fingerprint density at radius 2 is 1.77 bits per heavy atom. The maximum absolute atomic E-state index is 12.9. The Morgan fingerprint density at radius 1 is 1.13 bits per heavy atom. The molecule has 0 unspecified atom stereocenters. The molecular weight excluding hydrogens is 396 g/mol. The summed E-state index contributed by atoms with van der Waals surface area (Å²) in [6.07, 6.45) is 0. The smallest absolute Gasteiger partial charge is 0.387 e. The molecule has 4 amide bonds. The quantitative estimate of drug-likeness (QED) is 0.703. The van der Waals surface area contributed by atoms with E-state index in [1.54, 1.807) is 49.4 Å². The standard InChI is InChI=1S/C21H21F2N3O4/c1-21(15-6-4-3-5-7-15)18(28)26(20(29)24-21)13-17(27)25(2)12-14-8-10-16(11-9-14)30-19(22)23/h3-11,19H,12-13H2,1-2H3,(H,24,29)/t21-/m0/s1. The van der Waals surface area contributed by atoms with Crippen molar-refractivity contribution < 1.29 is 27.9 Å². The number of imide groups is 1. The van der Waals surface area contributed by atoms with Crippen LogP contribution in [0.15, 0.2) is 54.6 Å². The van der Waals surface area contributed by atoms with Crippen molar-refractivity contribution in [1.82, 2.24) is 15.1 Å². The average molecular weight is 417 g/mol. The van der Waals surface area contributed by atoms with E-state index in [1.165, 1.54) is 24.1 Å². The molecule has 158 valence electrons. The van der Waals surface area contributed by atoms with Gasteiger partial charge >= 0.3 is 12.6 Å². The molecular formula is C21H21F2N3O4. The lowest BCUT2D eigenvalue weighted by atomic mass is 9.92. The number of alkyl halides is 2. The molecule has 1 fully saturated rings. The summed E-state index contributed by atoms with van der Waals surface area (Å²) in [4.78, 5) is 40.1. The Labute approximate surface area is 172 Å². The monoisotopic (exact) mass is 417 g/mol. The molecule has 0 radical (unpaired) electrons. The van der Waals surface area contributed by atoms with Gasteiger partial charge in [0, 0.05) is 13.6 Å². The van der Waals surface area contributed by atoms with Crippen molar-refractivity contribution >= 4 is 17.8 Å². The van der Waals surface area contributed by atoms with Gasteiger partial charge in [-0.3, -0.25) is 14.5 Å². The number of ether oxygens (including phenoxy) is 1. The third kappa shape index (κ3) is 4.40. The highest BCUT2D eigenvalue weighted by Crippen LogP contribution is 2.28. The minimum absolute atomic E-state index is 0.0160. The normalized spacial score (nSPS) is 18.5. The number of rotatable bonds is 7. The Kier molecular flexibility index (Phi) is 6.00. The van der Waals surface area contributed by atoms with Crippen LogP contribution < -0.4 is 10.1 Å². The summed E-state index contributed by atoms with van der Waals surface area (Å²) >= 11 is 0. The van der Waals surface area contributed by atoms with Crippen molar-refractivity contribution in [2.45, 2.75) is 25.6 Å². The lowest BCUT2D eigenvalue weighted by molar-refractivity contribution is -0.138. The van der Waals surface area contributed by atoms with Gasteiger partial charge in [0.2, 0.25) is 5.91 Å². The molecule has 7 nitrogen and oxygen atoms in total. The van der Waals surface area contributed by atoms with Gasteiger partial charge in [-0.15, -0.1) is 0 Å². The van der Waals surface area contributed by atoms with E-state index in [9.17, 15) is 23.2 Å². The second-order valence-corrected chi connectivity index (χ2v) is 7.08. The molecule has 0 bridgehead atoms. The van der Waals surface area contributed by atoms with Gasteiger partial charge in [-0.25, -0.2) is 4.79 Å². The van der Waals surface area contributed by atoms with Gasteiger partial charge < -0.3 is 15.0 Å². The molecule has 1 heterocycles. The van der Waals surface area contributed by atoms with Crippen LogP contribution in [0.5, 0.6) is 5.75 Å². The molecule has 9 heteroatoms. The predicted octanol–water partition coefficient (Wildman–Crippen LogP) is 2.71. The summed E-state index contributed by atoms with van der Waals surface area (Å²) in [7, 11) is 1.53. The first kappa shape index (κ1) is 21.2. The van der Waals surface area contributed by atoms with Gasteiger partial charge in [-0.05, 0) is 30.2 Å². The molecule has 0 aromatic heterocycles. The third-order valence-electron chi connectivity index (χ3n) is 4.91. The molecule has 0 spiro atoms. The number of amides is 4. The van der Waals surface area contributed by atoms with E-state index in [1.807, 2.05) is 0 Å². The molecule has 3 rings (SSSR count). The summed E-state index contributed by atoms with van der Waals surface area (Å²) < 4.78 is 28.7. The summed E-state index contributed by atoms with van der Waals surface area (Å²) in [6.45, 7) is -1.55. The number of nitrogens with zero attached hydrogens (tertiary/aromatic N) is 2. The maximum atomic E-state index is 12.9. The van der Waals surface area contributed by atoms with Gasteiger partial charge in [0.15, 0.2) is 0 Å². The fraction of sp³-hybridized carbons (Fsp3) is 0.286. The molecule has 1 aliphatic rings. The number of hydrogen-bond donors (Lipinski definition) is 1. The number of carbonyl (C=O) groups is 3. The third-order valence-corrected chi connectivity index (χ3v) is 4.91. The van der Waals surface area contributed by atoms with E-state index in [0.717, 1.165) is 4.90 Å². The van der Waals surface area contributed by atoms with Crippen molar-refractivity contribution in [3.05, 3.63) is 65.7 Å². The summed E-state index contributed by atoms with van der Waals surface area (Å²) in [5.74, 6) is -0.931. The summed E-state index contributed by atoms with van der Waals surface area (Å²) in [5, 5.41) is 2.65. The van der Waals surface area contributed by atoms with Crippen molar-refractivity contribution in [3.8, 4) is 5.75 Å². The van der Waals surface area contributed by atoms with Gasteiger partial charge in [0.1, 0.15) is 17.8 Å². The molecule has 30 heavy (non-hydrogen) atoms. The first-order chi connectivity index (χ1) is 14.2. The zero-order valence-electron chi connectivity index (χ0n) is 16.5. The average Bonchev–Trinajstić information content (AvgIpc) is 2.93. The van der Waals surface area contributed by atoms with E-state index >= 15 is 0 Å². The van der Waals surface area contributed by atoms with Crippen LogP contribution in [0.4, 0.5) is 13.6 Å². The van der Waals surface area contributed by atoms with Crippen molar-refractivity contribution in [1.29, 1.82) is 0 Å². The second-order valence-electron chi connectivity index (χ2n) is 7.08. The Morgan fingerprint density at radius 3 is 2.37 bits per heavy atom. The number of carbonyl (C=O) groups excluding carboxylic acids is 3. The molecule has 1 atom stereocenters. The Balaban J connectivity index is 1.63. The van der Waals surface area contributed by atoms with Gasteiger partial charge in [0.25, 0.3) is 5.91 Å². The number of urea groups is 1. The van der Waals surface area contributed by atoms with E-state index in [-0.39, 0.29) is 12.3 Å². The maximum Gasteiger partial charge on any atom is 0.387 e. The summed E-state index contributed by atoms with van der Waals surface area (Å²) in [6, 6.07) is 14.0. The highest BCUT2D eigenvalue weighted by atomic mass is 19.3. The van der Waals surface area contributed by atoms with Crippen LogP contribution in [0.3, 0.4) is 0 Å². The van der Waals surface area contributed by atoms with Crippen LogP contribution >= 0.6 is 0 Å². The van der Waals surface area contributed by atoms with E-state index in [4.69, 9.17) is 0 Å². The largest absolute Gasteiger partial charge is 0.435 e. The first-order valence-corrected chi connectivity index (χ1v) is 9.18. The van der Waals surface area contributed by atoms with Crippen molar-refractivity contribution in [3.63, 3.8) is 0 Å². The van der Waals surface area contributed by atoms with Crippen molar-refractivity contribution in [2.75, 3.05) is 13.6 Å². The van der Waals surface area contributed by atoms with E-state index in [0.29, 0.717) is 11.1 Å². The van der Waals surface area contributed by atoms with Crippen LogP contribution in [-0.2, 0) is 21.7 Å². The highest BCUT2D eigenvalue weighted by molar-refractivity contribution is 6.09. The van der Waals surface area contributed by atoms with Gasteiger partial charge in [0.05, 0.1) is 0 Å². The van der Waals surface area contributed by atoms with Crippen LogP contribution in [-0.4, -0.2) is 47.8 Å². The second kappa shape index (κ2) is 8.48. The number of hydrogen-bond acceptors (Lipinski definition) is 4. The lowest BCUT2D eigenvalue weighted by Gasteiger charge is -2.23. The number of nitrogens with one attached hydrogen (secondary N) is 1.